The van der Waals surface area contributed by atoms with Crippen molar-refractivity contribution in [3.63, 3.8) is 0 Å². The second kappa shape index (κ2) is 8.68. The summed E-state index contributed by atoms with van der Waals surface area (Å²) in [5, 5.41) is 0. The highest BCUT2D eigenvalue weighted by atomic mass is 16.2. The van der Waals surface area contributed by atoms with Crippen molar-refractivity contribution in [2.45, 2.75) is 53.5 Å². The van der Waals surface area contributed by atoms with Crippen molar-refractivity contribution in [3.8, 4) is 0 Å². The van der Waals surface area contributed by atoms with Crippen molar-refractivity contribution in [1.29, 1.82) is 0 Å². The molecule has 0 bridgehead atoms. The fourth-order valence-corrected chi connectivity index (χ4v) is 4.06. The lowest BCUT2D eigenvalue weighted by molar-refractivity contribution is -0.119. The van der Waals surface area contributed by atoms with Crippen LogP contribution < -0.4 is 4.90 Å². The van der Waals surface area contributed by atoms with Gasteiger partial charge in [-0.3, -0.25) is 14.5 Å². The van der Waals surface area contributed by atoms with Gasteiger partial charge in [-0.25, -0.2) is 15.0 Å². The van der Waals surface area contributed by atoms with Crippen LogP contribution in [0.5, 0.6) is 0 Å². The number of aromatic nitrogens is 4. The van der Waals surface area contributed by atoms with Crippen LogP contribution in [0.25, 0.3) is 5.65 Å². The number of carbonyl (C=O) groups excluding carboxylic acids is 2. The Morgan fingerprint density at radius 1 is 1.19 bits per heavy atom. The minimum Gasteiger partial charge on any atom is -0.333 e. The molecule has 0 aliphatic carbocycles. The summed E-state index contributed by atoms with van der Waals surface area (Å²) in [6.07, 6.45) is 5.68. The second-order valence-corrected chi connectivity index (χ2v) is 8.96. The monoisotopic (exact) mass is 434 g/mol. The van der Waals surface area contributed by atoms with Crippen LogP contribution in [0.15, 0.2) is 24.5 Å². The maximum atomic E-state index is 13.0. The molecule has 8 nitrogen and oxygen atoms in total. The van der Waals surface area contributed by atoms with Gasteiger partial charge in [0.15, 0.2) is 0 Å². The Hall–Kier alpha value is -3.29. The van der Waals surface area contributed by atoms with Gasteiger partial charge in [-0.05, 0) is 44.2 Å². The van der Waals surface area contributed by atoms with Gasteiger partial charge in [-0.2, -0.15) is 0 Å². The lowest BCUT2D eigenvalue weighted by Gasteiger charge is -2.30. The molecule has 168 valence electrons. The summed E-state index contributed by atoms with van der Waals surface area (Å²) in [5.41, 5.74) is 4.06. The van der Waals surface area contributed by atoms with E-state index in [0.29, 0.717) is 42.6 Å². The predicted molar refractivity (Wildman–Crippen MR) is 123 cm³/mol. The molecule has 2 amide bonds. The van der Waals surface area contributed by atoms with Crippen LogP contribution >= 0.6 is 0 Å². The zero-order valence-electron chi connectivity index (χ0n) is 19.4. The van der Waals surface area contributed by atoms with Gasteiger partial charge in [0, 0.05) is 43.7 Å². The van der Waals surface area contributed by atoms with Crippen molar-refractivity contribution in [2.24, 2.45) is 5.92 Å². The molecular formula is C24H30N6O2. The van der Waals surface area contributed by atoms with Gasteiger partial charge in [0.25, 0.3) is 5.91 Å². The number of aryl methyl sites for hydroxylation is 2. The number of pyridine rings is 1. The number of amides is 2. The van der Waals surface area contributed by atoms with E-state index in [4.69, 9.17) is 4.98 Å². The Morgan fingerprint density at radius 3 is 2.69 bits per heavy atom. The molecule has 0 atom stereocenters. The fraction of sp³-hybridized carbons (Fsp3) is 0.458. The Kier molecular flexibility index (Phi) is 5.95. The van der Waals surface area contributed by atoms with Crippen LogP contribution in [0.2, 0.25) is 0 Å². The van der Waals surface area contributed by atoms with E-state index in [-0.39, 0.29) is 18.4 Å². The molecule has 32 heavy (non-hydrogen) atoms. The predicted octanol–water partition coefficient (Wildman–Crippen LogP) is 3.34. The molecule has 0 saturated carbocycles. The maximum absolute atomic E-state index is 13.0. The first-order valence-electron chi connectivity index (χ1n) is 11.1. The van der Waals surface area contributed by atoms with Crippen LogP contribution in [-0.2, 0) is 17.8 Å². The molecule has 0 saturated heterocycles. The maximum Gasteiger partial charge on any atom is 0.274 e. The average molecular weight is 435 g/mol. The topological polar surface area (TPSA) is 83.7 Å². The lowest BCUT2D eigenvalue weighted by Crippen LogP contribution is -2.38. The van der Waals surface area contributed by atoms with Crippen LogP contribution in [0.1, 0.15) is 59.8 Å². The third-order valence-corrected chi connectivity index (χ3v) is 5.94. The zero-order chi connectivity index (χ0) is 23.0. The third-order valence-electron chi connectivity index (χ3n) is 5.94. The first kappa shape index (κ1) is 21.9. The summed E-state index contributed by atoms with van der Waals surface area (Å²) in [6.45, 7) is 9.10. The number of anilines is 1. The van der Waals surface area contributed by atoms with Gasteiger partial charge in [0.2, 0.25) is 5.91 Å². The highest BCUT2D eigenvalue weighted by Crippen LogP contribution is 2.28. The largest absolute Gasteiger partial charge is 0.333 e. The number of nitrogens with zero attached hydrogens (tertiary/aromatic N) is 6. The third kappa shape index (κ3) is 4.22. The minimum atomic E-state index is -0.195. The first-order chi connectivity index (χ1) is 15.2. The Morgan fingerprint density at radius 2 is 1.97 bits per heavy atom. The molecule has 0 radical (unpaired) electrons. The van der Waals surface area contributed by atoms with Crippen molar-refractivity contribution >= 4 is 23.3 Å². The standard InChI is InChI=1S/C24H30N6O2/c1-15(2)10-12-30-21(31)9-8-18-17(4)25-20(27-23(18)30)14-28(5)24(32)19-13-29-11-6-7-16(3)22(29)26-19/h6-7,11,13,15H,8-10,12,14H2,1-5H3. The smallest absolute Gasteiger partial charge is 0.274 e. The summed E-state index contributed by atoms with van der Waals surface area (Å²) in [5.74, 6) is 1.63. The molecule has 1 aliphatic heterocycles. The quantitative estimate of drug-likeness (QED) is 0.594. The molecule has 4 heterocycles. The van der Waals surface area contributed by atoms with Gasteiger partial charge in [-0.15, -0.1) is 0 Å². The molecule has 4 rings (SSSR count). The van der Waals surface area contributed by atoms with E-state index in [2.05, 4.69) is 23.8 Å². The van der Waals surface area contributed by atoms with E-state index in [1.165, 1.54) is 0 Å². The van der Waals surface area contributed by atoms with E-state index in [9.17, 15) is 9.59 Å². The van der Waals surface area contributed by atoms with Gasteiger partial charge >= 0.3 is 0 Å². The molecule has 0 aromatic carbocycles. The molecule has 8 heteroatoms. The highest BCUT2D eigenvalue weighted by Gasteiger charge is 2.28. The first-order valence-corrected chi connectivity index (χ1v) is 11.1. The number of carbonyl (C=O) groups is 2. The summed E-state index contributed by atoms with van der Waals surface area (Å²) in [7, 11) is 1.72. The van der Waals surface area contributed by atoms with Crippen molar-refractivity contribution in [1.82, 2.24) is 24.3 Å². The lowest BCUT2D eigenvalue weighted by atomic mass is 10.0. The second-order valence-electron chi connectivity index (χ2n) is 8.96. The van der Waals surface area contributed by atoms with Crippen LogP contribution in [0.4, 0.5) is 5.82 Å². The molecule has 3 aromatic rings. The van der Waals surface area contributed by atoms with E-state index < -0.39 is 0 Å². The summed E-state index contributed by atoms with van der Waals surface area (Å²) in [6, 6.07) is 3.90. The summed E-state index contributed by atoms with van der Waals surface area (Å²) in [4.78, 5) is 42.9. The SMILES string of the molecule is Cc1nc(CN(C)C(=O)c2cn3cccc(C)c3n2)nc2c1CCC(=O)N2CCC(C)C. The normalized spacial score (nSPS) is 13.7. The number of imidazole rings is 1. The van der Waals surface area contributed by atoms with Crippen molar-refractivity contribution < 1.29 is 9.59 Å². The van der Waals surface area contributed by atoms with Crippen LogP contribution in [0.3, 0.4) is 0 Å². The number of fused-ring (bicyclic) bond motifs is 2. The Labute approximate surface area is 188 Å². The molecular weight excluding hydrogens is 404 g/mol. The molecule has 1 aliphatic rings. The average Bonchev–Trinajstić information content (AvgIpc) is 3.18. The van der Waals surface area contributed by atoms with Crippen molar-refractivity contribution in [2.75, 3.05) is 18.5 Å². The highest BCUT2D eigenvalue weighted by molar-refractivity contribution is 5.95. The number of rotatable bonds is 6. The van der Waals surface area contributed by atoms with E-state index in [1.54, 1.807) is 23.0 Å². The fourth-order valence-electron chi connectivity index (χ4n) is 4.06. The van der Waals surface area contributed by atoms with Gasteiger partial charge < -0.3 is 9.30 Å². The number of hydrogen-bond donors (Lipinski definition) is 0. The Bertz CT molecular complexity index is 1180. The van der Waals surface area contributed by atoms with E-state index >= 15 is 0 Å². The summed E-state index contributed by atoms with van der Waals surface area (Å²) < 4.78 is 1.86. The Balaban J connectivity index is 1.58. The van der Waals surface area contributed by atoms with Gasteiger partial charge in [-0.1, -0.05) is 19.9 Å². The molecule has 0 unspecified atom stereocenters. The molecule has 0 fully saturated rings. The van der Waals surface area contributed by atoms with Gasteiger partial charge in [0.1, 0.15) is 23.0 Å². The van der Waals surface area contributed by atoms with Crippen molar-refractivity contribution in [3.05, 3.63) is 52.9 Å². The number of hydrogen-bond acceptors (Lipinski definition) is 5. The summed E-state index contributed by atoms with van der Waals surface area (Å²) >= 11 is 0. The molecule has 0 spiro atoms. The van der Waals surface area contributed by atoms with E-state index in [0.717, 1.165) is 28.9 Å². The van der Waals surface area contributed by atoms with Crippen LogP contribution in [-0.4, -0.2) is 49.7 Å². The van der Waals surface area contributed by atoms with Crippen LogP contribution in [0, 0.1) is 19.8 Å². The minimum absolute atomic E-state index is 0.103. The van der Waals surface area contributed by atoms with Gasteiger partial charge in [0.05, 0.1) is 6.54 Å². The van der Waals surface area contributed by atoms with E-state index in [1.807, 2.05) is 36.6 Å². The zero-order valence-corrected chi connectivity index (χ0v) is 19.4. The molecule has 3 aromatic heterocycles. The molecule has 0 N–H and O–H groups in total.